The summed E-state index contributed by atoms with van der Waals surface area (Å²) >= 11 is 0. The molecule has 0 aromatic heterocycles. The van der Waals surface area contributed by atoms with Crippen molar-refractivity contribution in [3.05, 3.63) is 52.3 Å². The Morgan fingerprint density at radius 3 is 2.37 bits per heavy atom. The Balaban J connectivity index is 2.28. The maximum absolute atomic E-state index is 13.9. The number of nitro groups is 1. The van der Waals surface area contributed by atoms with Gasteiger partial charge in [-0.15, -0.1) is 0 Å². The van der Waals surface area contributed by atoms with Gasteiger partial charge in [-0.1, -0.05) is 0 Å². The molecule has 1 unspecified atom stereocenters. The molecule has 142 valence electrons. The third kappa shape index (κ3) is 5.14. The molecule has 0 saturated carbocycles. The topological polar surface area (TPSA) is 131 Å². The van der Waals surface area contributed by atoms with Crippen molar-refractivity contribution in [2.75, 3.05) is 10.6 Å². The quantitative estimate of drug-likeness (QED) is 0.498. The Hall–Kier alpha value is -3.69. The Labute approximate surface area is 152 Å². The molecule has 0 aliphatic heterocycles. The summed E-state index contributed by atoms with van der Waals surface area (Å²) in [5.41, 5.74) is -0.334. The summed E-state index contributed by atoms with van der Waals surface area (Å²) in [4.78, 5) is 32.3. The fourth-order valence-electron chi connectivity index (χ4n) is 2.13. The van der Waals surface area contributed by atoms with Crippen LogP contribution in [0.25, 0.3) is 0 Å². The van der Waals surface area contributed by atoms with Crippen molar-refractivity contribution in [1.82, 2.24) is 0 Å². The van der Waals surface area contributed by atoms with E-state index in [4.69, 9.17) is 9.84 Å². The summed E-state index contributed by atoms with van der Waals surface area (Å²) in [6, 6.07) is 7.80. The number of carbonyl (C=O) groups is 2. The van der Waals surface area contributed by atoms with Crippen LogP contribution in [0.5, 0.6) is 5.75 Å². The standard InChI is InChI=1S/C17H16FN3O6/c1-9(17(23)24)27-12-5-3-11(4-6-12)20-15-8-14(19-10(2)22)13(18)7-16(15)21(25)26/h3-9,20H,1-2H3,(H,19,22)(H,23,24). The van der Waals surface area contributed by atoms with Crippen molar-refractivity contribution in [3.8, 4) is 5.75 Å². The van der Waals surface area contributed by atoms with Crippen LogP contribution in [-0.2, 0) is 9.59 Å². The van der Waals surface area contributed by atoms with E-state index in [-0.39, 0.29) is 11.4 Å². The van der Waals surface area contributed by atoms with Crippen LogP contribution in [-0.4, -0.2) is 28.0 Å². The molecule has 9 nitrogen and oxygen atoms in total. The molecule has 2 aromatic rings. The highest BCUT2D eigenvalue weighted by Gasteiger charge is 2.19. The van der Waals surface area contributed by atoms with E-state index in [1.165, 1.54) is 38.1 Å². The second-order valence-electron chi connectivity index (χ2n) is 5.54. The van der Waals surface area contributed by atoms with E-state index >= 15 is 0 Å². The molecule has 1 atom stereocenters. The van der Waals surface area contributed by atoms with Crippen LogP contribution in [0.15, 0.2) is 36.4 Å². The number of nitrogens with one attached hydrogen (secondary N) is 2. The first-order valence-corrected chi connectivity index (χ1v) is 7.69. The third-order valence-electron chi connectivity index (χ3n) is 3.39. The van der Waals surface area contributed by atoms with Gasteiger partial charge in [0.1, 0.15) is 11.4 Å². The zero-order chi connectivity index (χ0) is 20.1. The van der Waals surface area contributed by atoms with Crippen LogP contribution in [0.4, 0.5) is 27.1 Å². The molecule has 0 heterocycles. The minimum absolute atomic E-state index is 0.0299. The van der Waals surface area contributed by atoms with Gasteiger partial charge >= 0.3 is 5.97 Å². The maximum Gasteiger partial charge on any atom is 0.344 e. The van der Waals surface area contributed by atoms with E-state index in [1.807, 2.05) is 0 Å². The molecule has 0 fully saturated rings. The zero-order valence-corrected chi connectivity index (χ0v) is 14.4. The summed E-state index contributed by atoms with van der Waals surface area (Å²) in [7, 11) is 0. The summed E-state index contributed by atoms with van der Waals surface area (Å²) in [5.74, 6) is -2.29. The average molecular weight is 377 g/mol. The minimum Gasteiger partial charge on any atom is -0.479 e. The van der Waals surface area contributed by atoms with Crippen LogP contribution in [0.2, 0.25) is 0 Å². The van der Waals surface area contributed by atoms with Gasteiger partial charge in [0.25, 0.3) is 5.69 Å². The number of amides is 1. The van der Waals surface area contributed by atoms with Crippen LogP contribution in [0.1, 0.15) is 13.8 Å². The molecule has 0 bridgehead atoms. The maximum atomic E-state index is 13.9. The number of carboxylic acid groups (broad SMARTS) is 1. The molecule has 1 amide bonds. The van der Waals surface area contributed by atoms with E-state index in [0.29, 0.717) is 17.5 Å². The average Bonchev–Trinajstić information content (AvgIpc) is 2.58. The lowest BCUT2D eigenvalue weighted by Gasteiger charge is -2.13. The van der Waals surface area contributed by atoms with Crippen LogP contribution < -0.4 is 15.4 Å². The van der Waals surface area contributed by atoms with Crippen molar-refractivity contribution in [2.45, 2.75) is 20.0 Å². The van der Waals surface area contributed by atoms with Crippen LogP contribution >= 0.6 is 0 Å². The van der Waals surface area contributed by atoms with Crippen molar-refractivity contribution >= 4 is 34.6 Å². The zero-order valence-electron chi connectivity index (χ0n) is 14.4. The molecule has 2 aromatic carbocycles. The molecule has 0 radical (unpaired) electrons. The number of aliphatic carboxylic acids is 1. The number of carbonyl (C=O) groups excluding carboxylic acids is 1. The van der Waals surface area contributed by atoms with Gasteiger partial charge in [-0.3, -0.25) is 14.9 Å². The first-order chi connectivity index (χ1) is 12.7. The number of anilines is 3. The molecule has 10 heteroatoms. The van der Waals surface area contributed by atoms with E-state index in [9.17, 15) is 24.1 Å². The van der Waals surface area contributed by atoms with E-state index < -0.39 is 34.4 Å². The summed E-state index contributed by atoms with van der Waals surface area (Å²) in [5, 5.41) is 25.0. The number of nitro benzene ring substituents is 1. The molecule has 27 heavy (non-hydrogen) atoms. The molecule has 2 rings (SSSR count). The fraction of sp³-hybridized carbons (Fsp3) is 0.176. The van der Waals surface area contributed by atoms with Gasteiger partial charge < -0.3 is 20.5 Å². The van der Waals surface area contributed by atoms with Gasteiger partial charge in [0, 0.05) is 12.6 Å². The molecule has 3 N–H and O–H groups in total. The van der Waals surface area contributed by atoms with E-state index in [2.05, 4.69) is 10.6 Å². The first kappa shape index (κ1) is 19.6. The Bertz CT molecular complexity index is 885. The predicted molar refractivity (Wildman–Crippen MR) is 94.8 cm³/mol. The van der Waals surface area contributed by atoms with Gasteiger partial charge in [-0.05, 0) is 37.3 Å². The lowest BCUT2D eigenvalue weighted by Crippen LogP contribution is -2.22. The third-order valence-corrected chi connectivity index (χ3v) is 3.39. The molecule has 0 saturated heterocycles. The van der Waals surface area contributed by atoms with Gasteiger partial charge in [-0.25, -0.2) is 9.18 Å². The number of hydrogen-bond donors (Lipinski definition) is 3. The fourth-order valence-corrected chi connectivity index (χ4v) is 2.13. The largest absolute Gasteiger partial charge is 0.479 e. The Morgan fingerprint density at radius 2 is 1.85 bits per heavy atom. The number of rotatable bonds is 7. The lowest BCUT2D eigenvalue weighted by molar-refractivity contribution is -0.384. The van der Waals surface area contributed by atoms with E-state index in [0.717, 1.165) is 6.07 Å². The highest BCUT2D eigenvalue weighted by molar-refractivity contribution is 5.90. The van der Waals surface area contributed by atoms with Gasteiger partial charge in [-0.2, -0.15) is 0 Å². The summed E-state index contributed by atoms with van der Waals surface area (Å²) in [6.07, 6.45) is -1.04. The smallest absolute Gasteiger partial charge is 0.344 e. The molecular weight excluding hydrogens is 361 g/mol. The monoisotopic (exact) mass is 377 g/mol. The normalized spacial score (nSPS) is 11.4. The van der Waals surface area contributed by atoms with Gasteiger partial charge in [0.2, 0.25) is 5.91 Å². The molecule has 0 aliphatic carbocycles. The summed E-state index contributed by atoms with van der Waals surface area (Å²) < 4.78 is 19.1. The second kappa shape index (κ2) is 8.13. The lowest BCUT2D eigenvalue weighted by atomic mass is 10.2. The Kier molecular flexibility index (Phi) is 5.91. The van der Waals surface area contributed by atoms with Crippen LogP contribution in [0.3, 0.4) is 0 Å². The number of nitrogens with zero attached hydrogens (tertiary/aromatic N) is 1. The molecule has 0 aliphatic rings. The SMILES string of the molecule is CC(=O)Nc1cc(Nc2ccc(OC(C)C(=O)O)cc2)c([N+](=O)[O-])cc1F. The van der Waals surface area contributed by atoms with Crippen molar-refractivity contribution in [2.24, 2.45) is 0 Å². The van der Waals surface area contributed by atoms with Crippen molar-refractivity contribution in [1.29, 1.82) is 0 Å². The highest BCUT2D eigenvalue weighted by Crippen LogP contribution is 2.33. The van der Waals surface area contributed by atoms with Gasteiger partial charge in [0.15, 0.2) is 11.9 Å². The van der Waals surface area contributed by atoms with Crippen molar-refractivity contribution < 1.29 is 28.7 Å². The number of halogens is 1. The Morgan fingerprint density at radius 1 is 1.22 bits per heavy atom. The van der Waals surface area contributed by atoms with Crippen LogP contribution in [0, 0.1) is 15.9 Å². The minimum atomic E-state index is -1.12. The predicted octanol–water partition coefficient (Wildman–Crippen LogP) is 3.29. The number of carboxylic acids is 1. The highest BCUT2D eigenvalue weighted by atomic mass is 19.1. The first-order valence-electron chi connectivity index (χ1n) is 7.69. The molecule has 0 spiro atoms. The van der Waals surface area contributed by atoms with Gasteiger partial charge in [0.05, 0.1) is 16.7 Å². The van der Waals surface area contributed by atoms with Crippen molar-refractivity contribution in [3.63, 3.8) is 0 Å². The number of benzene rings is 2. The summed E-state index contributed by atoms with van der Waals surface area (Å²) in [6.45, 7) is 2.56. The molecular formula is C17H16FN3O6. The van der Waals surface area contributed by atoms with E-state index in [1.54, 1.807) is 0 Å². The number of ether oxygens (including phenoxy) is 1. The second-order valence-corrected chi connectivity index (χ2v) is 5.54. The number of hydrogen-bond acceptors (Lipinski definition) is 6.